The molecule has 1 aliphatic heterocycles. The lowest BCUT2D eigenvalue weighted by atomic mass is 9.99. The lowest BCUT2D eigenvalue weighted by molar-refractivity contribution is -0.120. The molecule has 2 aliphatic rings. The van der Waals surface area contributed by atoms with Crippen molar-refractivity contribution in [2.45, 2.75) is 38.5 Å². The van der Waals surface area contributed by atoms with Gasteiger partial charge in [0.2, 0.25) is 5.91 Å². The second-order valence-corrected chi connectivity index (χ2v) is 6.32. The number of anilines is 2. The van der Waals surface area contributed by atoms with Crippen LogP contribution in [-0.4, -0.2) is 37.1 Å². The van der Waals surface area contributed by atoms with E-state index in [4.69, 9.17) is 0 Å². The Kier molecular flexibility index (Phi) is 7.12. The first kappa shape index (κ1) is 18.0. The summed E-state index contributed by atoms with van der Waals surface area (Å²) in [4.78, 5) is 19.1. The van der Waals surface area contributed by atoms with Crippen molar-refractivity contribution in [3.63, 3.8) is 0 Å². The molecule has 0 atom stereocenters. The summed E-state index contributed by atoms with van der Waals surface area (Å²) < 4.78 is 0. The number of nitrogens with one attached hydrogen (secondary N) is 2. The fourth-order valence-electron chi connectivity index (χ4n) is 3.34. The number of aromatic nitrogens is 1. The second-order valence-electron chi connectivity index (χ2n) is 6.32. The fourth-order valence-corrected chi connectivity index (χ4v) is 3.34. The van der Waals surface area contributed by atoms with Crippen LogP contribution in [0.5, 0.6) is 0 Å². The van der Waals surface area contributed by atoms with Crippen molar-refractivity contribution in [1.29, 1.82) is 0 Å². The van der Waals surface area contributed by atoms with Crippen LogP contribution in [0.2, 0.25) is 0 Å². The molecule has 6 heteroatoms. The highest BCUT2D eigenvalue weighted by Crippen LogP contribution is 2.24. The molecule has 23 heavy (non-hydrogen) atoms. The molecule has 1 aliphatic carbocycles. The number of rotatable bonds is 3. The lowest BCUT2D eigenvalue weighted by Gasteiger charge is -2.29. The number of hydrogen-bond acceptors (Lipinski definition) is 4. The Balaban J connectivity index is 0.00000192. The molecule has 1 saturated heterocycles. The third-order valence-corrected chi connectivity index (χ3v) is 4.71. The van der Waals surface area contributed by atoms with E-state index in [1.165, 1.54) is 25.7 Å². The van der Waals surface area contributed by atoms with Crippen LogP contribution in [0, 0.1) is 5.92 Å². The van der Waals surface area contributed by atoms with Gasteiger partial charge in [0.1, 0.15) is 5.82 Å². The molecule has 1 aromatic heterocycles. The predicted octanol–water partition coefficient (Wildman–Crippen LogP) is 2.82. The van der Waals surface area contributed by atoms with E-state index >= 15 is 0 Å². The van der Waals surface area contributed by atoms with Crippen molar-refractivity contribution >= 4 is 29.8 Å². The van der Waals surface area contributed by atoms with Gasteiger partial charge in [0, 0.05) is 32.1 Å². The van der Waals surface area contributed by atoms with Crippen molar-refractivity contribution in [1.82, 2.24) is 10.3 Å². The third-order valence-electron chi connectivity index (χ3n) is 4.71. The molecule has 2 heterocycles. The Morgan fingerprint density at radius 3 is 2.43 bits per heavy atom. The lowest BCUT2D eigenvalue weighted by Crippen LogP contribution is -2.43. The number of piperazine rings is 1. The van der Waals surface area contributed by atoms with Crippen molar-refractivity contribution < 1.29 is 4.79 Å². The fraction of sp³-hybridized carbons (Fsp3) is 0.647. The predicted molar refractivity (Wildman–Crippen MR) is 96.4 cm³/mol. The summed E-state index contributed by atoms with van der Waals surface area (Å²) >= 11 is 0. The van der Waals surface area contributed by atoms with Gasteiger partial charge in [0.15, 0.2) is 0 Å². The quantitative estimate of drug-likeness (QED) is 0.832. The monoisotopic (exact) mass is 338 g/mol. The van der Waals surface area contributed by atoms with Crippen LogP contribution in [0.1, 0.15) is 38.5 Å². The molecule has 128 valence electrons. The van der Waals surface area contributed by atoms with E-state index in [0.29, 0.717) is 5.82 Å². The minimum absolute atomic E-state index is 0. The molecule has 1 aromatic rings. The number of carbonyl (C=O) groups excluding carboxylic acids is 1. The molecule has 1 amide bonds. The molecule has 1 saturated carbocycles. The summed E-state index contributed by atoms with van der Waals surface area (Å²) in [5.41, 5.74) is 1.13. The van der Waals surface area contributed by atoms with Gasteiger partial charge in [-0.3, -0.25) is 4.79 Å². The number of halogens is 1. The van der Waals surface area contributed by atoms with Crippen molar-refractivity contribution in [2.24, 2.45) is 5.92 Å². The molecular weight excluding hydrogens is 312 g/mol. The zero-order valence-electron chi connectivity index (χ0n) is 13.6. The Morgan fingerprint density at radius 1 is 1.13 bits per heavy atom. The van der Waals surface area contributed by atoms with Gasteiger partial charge in [-0.15, -0.1) is 12.4 Å². The van der Waals surface area contributed by atoms with E-state index in [-0.39, 0.29) is 24.2 Å². The highest BCUT2D eigenvalue weighted by atomic mass is 35.5. The van der Waals surface area contributed by atoms with Gasteiger partial charge in [-0.05, 0) is 25.0 Å². The van der Waals surface area contributed by atoms with Crippen molar-refractivity contribution in [2.75, 3.05) is 36.4 Å². The van der Waals surface area contributed by atoms with E-state index in [1.54, 1.807) is 0 Å². The number of pyridine rings is 1. The summed E-state index contributed by atoms with van der Waals surface area (Å²) in [6.07, 6.45) is 8.78. The number of hydrogen-bond donors (Lipinski definition) is 2. The van der Waals surface area contributed by atoms with Gasteiger partial charge in [-0.2, -0.15) is 0 Å². The van der Waals surface area contributed by atoms with Crippen LogP contribution in [-0.2, 0) is 4.79 Å². The van der Waals surface area contributed by atoms with Crippen LogP contribution in [0.25, 0.3) is 0 Å². The maximum absolute atomic E-state index is 12.3. The molecule has 2 N–H and O–H groups in total. The standard InChI is InChI=1S/C17H26N4O.ClH/c22-17(14-5-3-1-2-4-6-14)20-16-8-7-15(13-19-16)21-11-9-18-10-12-21;/h7-8,13-14,18H,1-6,9-12H2,(H,19,20,22);1H. The third kappa shape index (κ3) is 5.08. The minimum atomic E-state index is 0. The summed E-state index contributed by atoms with van der Waals surface area (Å²) in [6, 6.07) is 3.98. The van der Waals surface area contributed by atoms with Gasteiger partial charge < -0.3 is 15.5 Å². The molecule has 2 fully saturated rings. The molecular formula is C17H27ClN4O. The van der Waals surface area contributed by atoms with Crippen LogP contribution in [0.4, 0.5) is 11.5 Å². The van der Waals surface area contributed by atoms with Gasteiger partial charge >= 0.3 is 0 Å². The normalized spacial score (nSPS) is 19.6. The Labute approximate surface area is 144 Å². The molecule has 0 spiro atoms. The molecule has 5 nitrogen and oxygen atoms in total. The smallest absolute Gasteiger partial charge is 0.228 e. The first-order chi connectivity index (χ1) is 10.8. The van der Waals surface area contributed by atoms with Crippen molar-refractivity contribution in [3.05, 3.63) is 18.3 Å². The van der Waals surface area contributed by atoms with Gasteiger partial charge in [-0.1, -0.05) is 25.7 Å². The molecule has 3 rings (SSSR count). The average molecular weight is 339 g/mol. The molecule has 0 bridgehead atoms. The summed E-state index contributed by atoms with van der Waals surface area (Å²) in [7, 11) is 0. The Morgan fingerprint density at radius 2 is 1.83 bits per heavy atom. The van der Waals surface area contributed by atoms with E-state index in [1.807, 2.05) is 12.3 Å². The van der Waals surface area contributed by atoms with Crippen molar-refractivity contribution in [3.8, 4) is 0 Å². The molecule has 0 aromatic carbocycles. The maximum atomic E-state index is 12.3. The van der Waals surface area contributed by atoms with Gasteiger partial charge in [0.25, 0.3) is 0 Å². The number of carbonyl (C=O) groups is 1. The average Bonchev–Trinajstić information content (AvgIpc) is 2.86. The summed E-state index contributed by atoms with van der Waals surface area (Å²) in [5, 5.41) is 6.33. The Hall–Kier alpha value is -1.33. The topological polar surface area (TPSA) is 57.3 Å². The van der Waals surface area contributed by atoms with Crippen LogP contribution in [0.3, 0.4) is 0 Å². The summed E-state index contributed by atoms with van der Waals surface area (Å²) in [5.74, 6) is 0.981. The van der Waals surface area contributed by atoms with Gasteiger partial charge in [0.05, 0.1) is 11.9 Å². The second kappa shape index (κ2) is 9.08. The van der Waals surface area contributed by atoms with Crippen LogP contribution >= 0.6 is 12.4 Å². The number of amides is 1. The largest absolute Gasteiger partial charge is 0.368 e. The molecule has 0 radical (unpaired) electrons. The highest BCUT2D eigenvalue weighted by Gasteiger charge is 2.20. The molecule has 0 unspecified atom stereocenters. The zero-order valence-corrected chi connectivity index (χ0v) is 14.4. The van der Waals surface area contributed by atoms with E-state index in [9.17, 15) is 4.79 Å². The Bertz CT molecular complexity index is 480. The SMILES string of the molecule is Cl.O=C(Nc1ccc(N2CCNCC2)cn1)C1CCCCCC1. The van der Waals surface area contributed by atoms with Crippen LogP contribution < -0.4 is 15.5 Å². The minimum Gasteiger partial charge on any atom is -0.368 e. The summed E-state index contributed by atoms with van der Waals surface area (Å²) in [6.45, 7) is 4.05. The maximum Gasteiger partial charge on any atom is 0.228 e. The number of nitrogens with zero attached hydrogens (tertiary/aromatic N) is 2. The van der Waals surface area contributed by atoms with E-state index in [2.05, 4.69) is 26.6 Å². The highest BCUT2D eigenvalue weighted by molar-refractivity contribution is 5.91. The van der Waals surface area contributed by atoms with E-state index in [0.717, 1.165) is 44.7 Å². The van der Waals surface area contributed by atoms with E-state index < -0.39 is 0 Å². The van der Waals surface area contributed by atoms with Gasteiger partial charge in [-0.25, -0.2) is 4.98 Å². The first-order valence-corrected chi connectivity index (χ1v) is 8.55. The zero-order chi connectivity index (χ0) is 15.2. The first-order valence-electron chi connectivity index (χ1n) is 8.55. The van der Waals surface area contributed by atoms with Crippen LogP contribution in [0.15, 0.2) is 18.3 Å².